The van der Waals surface area contributed by atoms with Crippen molar-refractivity contribution in [1.82, 2.24) is 4.90 Å². The minimum atomic E-state index is -0.599. The van der Waals surface area contributed by atoms with Crippen LogP contribution < -0.4 is 10.5 Å². The number of carbonyl (C=O) groups is 2. The first-order chi connectivity index (χ1) is 11.8. The Kier molecular flexibility index (Phi) is 5.33. The zero-order chi connectivity index (χ0) is 18.6. The Balaban J connectivity index is 2.18. The topological polar surface area (TPSA) is 116 Å². The zero-order valence-corrected chi connectivity index (χ0v) is 13.8. The summed E-state index contributed by atoms with van der Waals surface area (Å²) in [7, 11) is 2.91. The van der Waals surface area contributed by atoms with Crippen molar-refractivity contribution < 1.29 is 19.2 Å². The minimum Gasteiger partial charge on any atom is -0.490 e. The fraction of sp³-hybridized carbons (Fsp3) is 0.176. The van der Waals surface area contributed by atoms with Gasteiger partial charge in [-0.2, -0.15) is 0 Å². The molecule has 0 aliphatic rings. The normalized spacial score (nSPS) is 10.2. The fourth-order valence-electron chi connectivity index (χ4n) is 2.31. The van der Waals surface area contributed by atoms with Crippen molar-refractivity contribution >= 4 is 17.5 Å². The highest BCUT2D eigenvalue weighted by Crippen LogP contribution is 2.28. The molecule has 2 aromatic carbocycles. The molecule has 8 heteroatoms. The van der Waals surface area contributed by atoms with Gasteiger partial charge < -0.3 is 15.4 Å². The molecule has 0 aromatic heterocycles. The number of ether oxygens (including phenoxy) is 1. The third-order valence-electron chi connectivity index (χ3n) is 3.63. The second-order valence-electron chi connectivity index (χ2n) is 5.37. The smallest absolute Gasteiger partial charge is 0.311 e. The van der Waals surface area contributed by atoms with E-state index in [1.807, 2.05) is 0 Å². The van der Waals surface area contributed by atoms with Crippen molar-refractivity contribution in [2.75, 3.05) is 14.2 Å². The molecule has 2 amide bonds. The van der Waals surface area contributed by atoms with Gasteiger partial charge in [-0.05, 0) is 29.8 Å². The van der Waals surface area contributed by atoms with E-state index in [9.17, 15) is 19.7 Å². The molecule has 130 valence electrons. The van der Waals surface area contributed by atoms with Crippen LogP contribution in [0.4, 0.5) is 5.69 Å². The van der Waals surface area contributed by atoms with Gasteiger partial charge in [-0.25, -0.2) is 0 Å². The van der Waals surface area contributed by atoms with Crippen molar-refractivity contribution in [2.24, 2.45) is 5.73 Å². The SMILES string of the molecule is COc1ccc(C(=O)N(C)Cc2ccc(C(N)=O)cc2)cc1[N+](=O)[O-]. The molecule has 0 unspecified atom stereocenters. The number of amides is 2. The Bertz CT molecular complexity index is 818. The number of hydrogen-bond donors (Lipinski definition) is 1. The maximum absolute atomic E-state index is 12.5. The molecule has 0 saturated carbocycles. The Morgan fingerprint density at radius 3 is 2.28 bits per heavy atom. The molecule has 0 fully saturated rings. The average Bonchev–Trinajstić information content (AvgIpc) is 2.60. The third-order valence-corrected chi connectivity index (χ3v) is 3.63. The molecule has 8 nitrogen and oxygen atoms in total. The van der Waals surface area contributed by atoms with E-state index in [2.05, 4.69) is 0 Å². The number of nitrogens with two attached hydrogens (primary N) is 1. The number of nitro benzene ring substituents is 1. The van der Waals surface area contributed by atoms with E-state index >= 15 is 0 Å². The number of primary amides is 1. The molecule has 0 aliphatic heterocycles. The lowest BCUT2D eigenvalue weighted by molar-refractivity contribution is -0.385. The molecule has 0 atom stereocenters. The second kappa shape index (κ2) is 7.43. The van der Waals surface area contributed by atoms with Gasteiger partial charge in [0.1, 0.15) is 0 Å². The van der Waals surface area contributed by atoms with Gasteiger partial charge in [0.05, 0.1) is 12.0 Å². The first-order valence-corrected chi connectivity index (χ1v) is 7.30. The molecule has 25 heavy (non-hydrogen) atoms. The van der Waals surface area contributed by atoms with E-state index in [1.54, 1.807) is 31.3 Å². The predicted molar refractivity (Wildman–Crippen MR) is 90.4 cm³/mol. The third kappa shape index (κ3) is 4.11. The Hall–Kier alpha value is -3.42. The van der Waals surface area contributed by atoms with Crippen molar-refractivity contribution in [3.05, 3.63) is 69.3 Å². The summed E-state index contributed by atoms with van der Waals surface area (Å²) in [6.07, 6.45) is 0. The number of carbonyl (C=O) groups excluding carboxylic acids is 2. The summed E-state index contributed by atoms with van der Waals surface area (Å²) < 4.78 is 4.92. The number of hydrogen-bond acceptors (Lipinski definition) is 5. The van der Waals surface area contributed by atoms with Crippen LogP contribution in [-0.2, 0) is 6.54 Å². The van der Waals surface area contributed by atoms with Crippen LogP contribution in [-0.4, -0.2) is 35.8 Å². The molecule has 0 spiro atoms. The van der Waals surface area contributed by atoms with Gasteiger partial charge >= 0.3 is 5.69 Å². The summed E-state index contributed by atoms with van der Waals surface area (Å²) in [5, 5.41) is 11.1. The van der Waals surface area contributed by atoms with Gasteiger partial charge in [0.2, 0.25) is 5.91 Å². The molecule has 0 aliphatic carbocycles. The number of nitrogens with zero attached hydrogens (tertiary/aromatic N) is 2. The van der Waals surface area contributed by atoms with Crippen molar-refractivity contribution in [1.29, 1.82) is 0 Å². The zero-order valence-electron chi connectivity index (χ0n) is 13.8. The lowest BCUT2D eigenvalue weighted by atomic mass is 10.1. The van der Waals surface area contributed by atoms with E-state index in [0.717, 1.165) is 5.56 Å². The predicted octanol–water partition coefficient (Wildman–Crippen LogP) is 1.97. The van der Waals surface area contributed by atoms with Crippen LogP contribution in [0.2, 0.25) is 0 Å². The van der Waals surface area contributed by atoms with Gasteiger partial charge in [-0.1, -0.05) is 12.1 Å². The Labute approximate surface area is 144 Å². The standard InChI is InChI=1S/C17H17N3O5/c1-19(10-11-3-5-12(6-4-11)16(18)21)17(22)13-7-8-15(25-2)14(9-13)20(23)24/h3-9H,10H2,1-2H3,(H2,18,21). The molecule has 2 aromatic rings. The molecular formula is C17H17N3O5. The lowest BCUT2D eigenvalue weighted by Gasteiger charge is -2.17. The van der Waals surface area contributed by atoms with Gasteiger partial charge in [-0.15, -0.1) is 0 Å². The monoisotopic (exact) mass is 343 g/mol. The molecule has 0 bridgehead atoms. The van der Waals surface area contributed by atoms with E-state index < -0.39 is 10.8 Å². The summed E-state index contributed by atoms with van der Waals surface area (Å²) in [6.45, 7) is 0.275. The van der Waals surface area contributed by atoms with E-state index in [0.29, 0.717) is 5.56 Å². The van der Waals surface area contributed by atoms with Crippen LogP contribution >= 0.6 is 0 Å². The maximum atomic E-state index is 12.5. The lowest BCUT2D eigenvalue weighted by Crippen LogP contribution is -2.26. The first kappa shape index (κ1) is 17.9. The Morgan fingerprint density at radius 2 is 1.76 bits per heavy atom. The van der Waals surface area contributed by atoms with E-state index in [1.165, 1.54) is 30.2 Å². The number of nitro groups is 1. The second-order valence-corrected chi connectivity index (χ2v) is 5.37. The number of benzene rings is 2. The summed E-state index contributed by atoms with van der Waals surface area (Å²) in [4.78, 5) is 35.4. The van der Waals surface area contributed by atoms with Gasteiger partial charge in [-0.3, -0.25) is 19.7 Å². The highest BCUT2D eigenvalue weighted by atomic mass is 16.6. The van der Waals surface area contributed by atoms with Crippen LogP contribution in [0.3, 0.4) is 0 Å². The largest absolute Gasteiger partial charge is 0.490 e. The van der Waals surface area contributed by atoms with Crippen LogP contribution in [0.5, 0.6) is 5.75 Å². The van der Waals surface area contributed by atoms with Crippen LogP contribution in [0, 0.1) is 10.1 Å². The molecule has 0 saturated heterocycles. The first-order valence-electron chi connectivity index (χ1n) is 7.30. The van der Waals surface area contributed by atoms with Gasteiger partial charge in [0.15, 0.2) is 5.75 Å². The van der Waals surface area contributed by atoms with Crippen LogP contribution in [0.25, 0.3) is 0 Å². The Morgan fingerprint density at radius 1 is 1.16 bits per heavy atom. The highest BCUT2D eigenvalue weighted by Gasteiger charge is 2.20. The van der Waals surface area contributed by atoms with Crippen molar-refractivity contribution in [3.8, 4) is 5.75 Å². The summed E-state index contributed by atoms with van der Waals surface area (Å²) in [6, 6.07) is 10.6. The van der Waals surface area contributed by atoms with E-state index in [4.69, 9.17) is 10.5 Å². The summed E-state index contributed by atoms with van der Waals surface area (Å²) in [5.41, 5.74) is 6.27. The van der Waals surface area contributed by atoms with Crippen molar-refractivity contribution in [3.63, 3.8) is 0 Å². The number of methoxy groups -OCH3 is 1. The minimum absolute atomic E-state index is 0.0891. The average molecular weight is 343 g/mol. The van der Waals surface area contributed by atoms with Gasteiger partial charge in [0, 0.05) is 30.8 Å². The quantitative estimate of drug-likeness (QED) is 0.636. The van der Waals surface area contributed by atoms with E-state index in [-0.39, 0.29) is 29.5 Å². The molecule has 0 radical (unpaired) electrons. The summed E-state index contributed by atoms with van der Waals surface area (Å²) >= 11 is 0. The highest BCUT2D eigenvalue weighted by molar-refractivity contribution is 5.95. The van der Waals surface area contributed by atoms with Crippen LogP contribution in [0.15, 0.2) is 42.5 Å². The summed E-state index contributed by atoms with van der Waals surface area (Å²) in [5.74, 6) is -0.808. The maximum Gasteiger partial charge on any atom is 0.311 e. The molecule has 2 rings (SSSR count). The van der Waals surface area contributed by atoms with Crippen LogP contribution in [0.1, 0.15) is 26.3 Å². The van der Waals surface area contributed by atoms with Crippen molar-refractivity contribution in [2.45, 2.75) is 6.54 Å². The molecular weight excluding hydrogens is 326 g/mol. The fourth-order valence-corrected chi connectivity index (χ4v) is 2.31. The van der Waals surface area contributed by atoms with Gasteiger partial charge in [0.25, 0.3) is 5.91 Å². The molecule has 2 N–H and O–H groups in total. The number of rotatable bonds is 6. The molecule has 0 heterocycles.